The van der Waals surface area contributed by atoms with Crippen molar-refractivity contribution in [2.45, 2.75) is 39.7 Å². The maximum atomic E-state index is 12.2. The van der Waals surface area contributed by atoms with E-state index in [1.807, 2.05) is 11.8 Å². The zero-order valence-electron chi connectivity index (χ0n) is 10.6. The van der Waals surface area contributed by atoms with Crippen LogP contribution in [0.1, 0.15) is 33.6 Å². The number of hydrogen-bond acceptors (Lipinski definition) is 3. The molecule has 1 rings (SSSR count). The van der Waals surface area contributed by atoms with Crippen LogP contribution in [0.5, 0.6) is 0 Å². The quantitative estimate of drug-likeness (QED) is 0.746. The Balaban J connectivity index is 2.43. The largest absolute Gasteiger partial charge is 0.352 e. The number of carbonyl (C=O) groups is 1. The van der Waals surface area contributed by atoms with Gasteiger partial charge in [0.25, 0.3) is 0 Å². The smallest absolute Gasteiger partial charge is 0.227 e. The number of thioether (sulfide) groups is 1. The summed E-state index contributed by atoms with van der Waals surface area (Å²) < 4.78 is 0. The van der Waals surface area contributed by atoms with Gasteiger partial charge >= 0.3 is 0 Å². The summed E-state index contributed by atoms with van der Waals surface area (Å²) in [6.45, 7) is 8.15. The highest BCUT2D eigenvalue weighted by Gasteiger charge is 2.39. The molecule has 2 unspecified atom stereocenters. The Hall–Kier alpha value is -0.220. The maximum Gasteiger partial charge on any atom is 0.227 e. The standard InChI is InChI=1S/C12H24N2OS/c1-4-12(6-7-13-9-12)11(15)14-10(3)8-16-5-2/h10,13H,4-9H2,1-3H3,(H,14,15). The number of rotatable bonds is 6. The van der Waals surface area contributed by atoms with Crippen LogP contribution in [0.4, 0.5) is 0 Å². The molecule has 0 aromatic heterocycles. The molecule has 0 aliphatic carbocycles. The van der Waals surface area contributed by atoms with Gasteiger partial charge in [-0.2, -0.15) is 11.8 Å². The third-order valence-corrected chi connectivity index (χ3v) is 4.50. The van der Waals surface area contributed by atoms with Gasteiger partial charge in [0.1, 0.15) is 0 Å². The van der Waals surface area contributed by atoms with Gasteiger partial charge < -0.3 is 10.6 Å². The molecule has 0 spiro atoms. The van der Waals surface area contributed by atoms with Crippen LogP contribution >= 0.6 is 11.8 Å². The van der Waals surface area contributed by atoms with Crippen LogP contribution in [0.15, 0.2) is 0 Å². The Labute approximate surface area is 103 Å². The molecule has 94 valence electrons. The Bertz CT molecular complexity index is 227. The zero-order chi connectivity index (χ0) is 12.0. The fourth-order valence-corrected chi connectivity index (χ4v) is 2.79. The van der Waals surface area contributed by atoms with Crippen molar-refractivity contribution in [3.8, 4) is 0 Å². The first-order valence-electron chi connectivity index (χ1n) is 6.24. The highest BCUT2D eigenvalue weighted by Crippen LogP contribution is 2.29. The van der Waals surface area contributed by atoms with Crippen LogP contribution in [0.25, 0.3) is 0 Å². The monoisotopic (exact) mass is 244 g/mol. The number of amides is 1. The SMILES string of the molecule is CCSCC(C)NC(=O)C1(CC)CCNC1. The molecule has 3 nitrogen and oxygen atoms in total. The minimum atomic E-state index is -0.148. The molecular weight excluding hydrogens is 220 g/mol. The van der Waals surface area contributed by atoms with E-state index in [1.165, 1.54) is 0 Å². The van der Waals surface area contributed by atoms with E-state index < -0.39 is 0 Å². The third-order valence-electron chi connectivity index (χ3n) is 3.35. The van der Waals surface area contributed by atoms with Gasteiger partial charge in [-0.1, -0.05) is 13.8 Å². The lowest BCUT2D eigenvalue weighted by Gasteiger charge is -2.27. The molecule has 0 bridgehead atoms. The number of nitrogens with one attached hydrogen (secondary N) is 2. The molecule has 1 aliphatic heterocycles. The van der Waals surface area contributed by atoms with Crippen LogP contribution in [-0.2, 0) is 4.79 Å². The minimum Gasteiger partial charge on any atom is -0.352 e. The van der Waals surface area contributed by atoms with E-state index in [9.17, 15) is 4.79 Å². The second-order valence-electron chi connectivity index (χ2n) is 4.59. The third kappa shape index (κ3) is 3.39. The van der Waals surface area contributed by atoms with E-state index in [-0.39, 0.29) is 17.4 Å². The molecule has 1 amide bonds. The second-order valence-corrected chi connectivity index (χ2v) is 5.91. The molecule has 1 heterocycles. The Kier molecular flexibility index (Phi) is 5.62. The first-order chi connectivity index (χ1) is 7.64. The fourth-order valence-electron chi connectivity index (χ4n) is 2.11. The van der Waals surface area contributed by atoms with Gasteiger partial charge in [-0.25, -0.2) is 0 Å². The highest BCUT2D eigenvalue weighted by atomic mass is 32.2. The van der Waals surface area contributed by atoms with Crippen molar-refractivity contribution < 1.29 is 4.79 Å². The predicted octanol–water partition coefficient (Wildman–Crippen LogP) is 1.63. The Morgan fingerprint density at radius 1 is 1.56 bits per heavy atom. The van der Waals surface area contributed by atoms with Crippen LogP contribution in [-0.4, -0.2) is 36.5 Å². The van der Waals surface area contributed by atoms with Crippen LogP contribution in [0.3, 0.4) is 0 Å². The molecule has 0 saturated carbocycles. The van der Waals surface area contributed by atoms with Crippen molar-refractivity contribution in [1.82, 2.24) is 10.6 Å². The van der Waals surface area contributed by atoms with Gasteiger partial charge in [0, 0.05) is 18.3 Å². The van der Waals surface area contributed by atoms with Gasteiger partial charge in [0.2, 0.25) is 5.91 Å². The van der Waals surface area contributed by atoms with E-state index in [2.05, 4.69) is 31.4 Å². The Morgan fingerprint density at radius 3 is 2.81 bits per heavy atom. The van der Waals surface area contributed by atoms with Gasteiger partial charge in [-0.05, 0) is 32.1 Å². The van der Waals surface area contributed by atoms with Gasteiger partial charge in [-0.15, -0.1) is 0 Å². The van der Waals surface area contributed by atoms with Gasteiger partial charge in [0.15, 0.2) is 0 Å². The van der Waals surface area contributed by atoms with Crippen molar-refractivity contribution in [3.05, 3.63) is 0 Å². The summed E-state index contributed by atoms with van der Waals surface area (Å²) >= 11 is 1.88. The molecule has 1 aliphatic rings. The molecule has 0 aromatic rings. The lowest BCUT2D eigenvalue weighted by atomic mass is 9.83. The fraction of sp³-hybridized carbons (Fsp3) is 0.917. The summed E-state index contributed by atoms with van der Waals surface area (Å²) in [5.41, 5.74) is -0.148. The molecule has 4 heteroatoms. The first-order valence-corrected chi connectivity index (χ1v) is 7.39. The molecule has 1 fully saturated rings. The lowest BCUT2D eigenvalue weighted by Crippen LogP contribution is -2.46. The van der Waals surface area contributed by atoms with Crippen molar-refractivity contribution in [2.75, 3.05) is 24.6 Å². The molecule has 16 heavy (non-hydrogen) atoms. The summed E-state index contributed by atoms with van der Waals surface area (Å²) in [7, 11) is 0. The summed E-state index contributed by atoms with van der Waals surface area (Å²) in [5, 5.41) is 6.44. The molecule has 0 radical (unpaired) electrons. The summed E-state index contributed by atoms with van der Waals surface area (Å²) in [4.78, 5) is 12.2. The first kappa shape index (κ1) is 13.8. The Morgan fingerprint density at radius 2 is 2.31 bits per heavy atom. The van der Waals surface area contributed by atoms with Crippen LogP contribution < -0.4 is 10.6 Å². The van der Waals surface area contributed by atoms with Crippen molar-refractivity contribution in [3.63, 3.8) is 0 Å². The van der Waals surface area contributed by atoms with Crippen LogP contribution in [0.2, 0.25) is 0 Å². The van der Waals surface area contributed by atoms with Crippen molar-refractivity contribution in [2.24, 2.45) is 5.41 Å². The van der Waals surface area contributed by atoms with Gasteiger partial charge in [-0.3, -0.25) is 4.79 Å². The van der Waals surface area contributed by atoms with E-state index >= 15 is 0 Å². The molecule has 1 saturated heterocycles. The lowest BCUT2D eigenvalue weighted by molar-refractivity contribution is -0.130. The second kappa shape index (κ2) is 6.50. The van der Waals surface area contributed by atoms with Crippen molar-refractivity contribution in [1.29, 1.82) is 0 Å². The molecule has 2 N–H and O–H groups in total. The summed E-state index contributed by atoms with van der Waals surface area (Å²) in [6, 6.07) is 0.279. The predicted molar refractivity (Wildman–Crippen MR) is 70.8 cm³/mol. The maximum absolute atomic E-state index is 12.2. The topological polar surface area (TPSA) is 41.1 Å². The molecular formula is C12H24N2OS. The molecule has 2 atom stereocenters. The average molecular weight is 244 g/mol. The number of hydrogen-bond donors (Lipinski definition) is 2. The van der Waals surface area contributed by atoms with E-state index in [4.69, 9.17) is 0 Å². The zero-order valence-corrected chi connectivity index (χ0v) is 11.5. The highest BCUT2D eigenvalue weighted by molar-refractivity contribution is 7.99. The summed E-state index contributed by atoms with van der Waals surface area (Å²) in [6.07, 6.45) is 1.91. The summed E-state index contributed by atoms with van der Waals surface area (Å²) in [5.74, 6) is 2.36. The van der Waals surface area contributed by atoms with E-state index in [0.717, 1.165) is 37.4 Å². The number of carbonyl (C=O) groups excluding carboxylic acids is 1. The van der Waals surface area contributed by atoms with E-state index in [1.54, 1.807) is 0 Å². The van der Waals surface area contributed by atoms with Crippen LogP contribution in [0, 0.1) is 5.41 Å². The normalized spacial score (nSPS) is 26.7. The van der Waals surface area contributed by atoms with E-state index in [0.29, 0.717) is 0 Å². The average Bonchev–Trinajstić information content (AvgIpc) is 2.76. The van der Waals surface area contributed by atoms with Gasteiger partial charge in [0.05, 0.1) is 5.41 Å². The van der Waals surface area contributed by atoms with Crippen molar-refractivity contribution >= 4 is 17.7 Å². The molecule has 0 aromatic carbocycles. The minimum absolute atomic E-state index is 0.148.